The van der Waals surface area contributed by atoms with Gasteiger partial charge in [-0.25, -0.2) is 4.98 Å². The maximum absolute atomic E-state index is 11.9. The molecule has 2 aromatic heterocycles. The molecule has 130 valence electrons. The standard InChI is InChI=1S/C11H16BN5O7/c1-10(21)6(19)4(2-18)24-11(10,12(22)23)17-3-14-5-7(17)15-9(13)16-8(5)20/h3-4,6,18-19,21-23H,2H2,1H3,(H3,13,15,16,20)/t4-,6-,10-,11+/m1/s1. The molecule has 1 saturated heterocycles. The van der Waals surface area contributed by atoms with Crippen LogP contribution in [0.15, 0.2) is 11.1 Å². The maximum atomic E-state index is 11.9. The Morgan fingerprint density at radius 1 is 1.54 bits per heavy atom. The number of nitrogen functional groups attached to an aromatic ring is 1. The minimum absolute atomic E-state index is 0.189. The van der Waals surface area contributed by atoms with Crippen LogP contribution in [0.25, 0.3) is 11.2 Å². The van der Waals surface area contributed by atoms with Crippen LogP contribution in [0.1, 0.15) is 6.92 Å². The fraction of sp³-hybridized carbons (Fsp3) is 0.545. The van der Waals surface area contributed by atoms with Crippen LogP contribution in [0.4, 0.5) is 5.95 Å². The van der Waals surface area contributed by atoms with Crippen molar-refractivity contribution in [1.29, 1.82) is 0 Å². The minimum Gasteiger partial charge on any atom is -0.424 e. The molecule has 0 spiro atoms. The van der Waals surface area contributed by atoms with Gasteiger partial charge in [-0.15, -0.1) is 0 Å². The van der Waals surface area contributed by atoms with Crippen LogP contribution in [0.5, 0.6) is 0 Å². The highest BCUT2D eigenvalue weighted by Crippen LogP contribution is 2.45. The molecule has 1 aliphatic heterocycles. The van der Waals surface area contributed by atoms with Gasteiger partial charge >= 0.3 is 7.12 Å². The van der Waals surface area contributed by atoms with Crippen LogP contribution < -0.4 is 11.3 Å². The molecule has 12 nitrogen and oxygen atoms in total. The average molecular weight is 341 g/mol. The summed E-state index contributed by atoms with van der Waals surface area (Å²) in [5.41, 5.74) is -0.243. The lowest BCUT2D eigenvalue weighted by Crippen LogP contribution is -2.64. The molecule has 13 heteroatoms. The molecule has 0 aromatic carbocycles. The van der Waals surface area contributed by atoms with Gasteiger partial charge in [-0.05, 0) is 6.92 Å². The number of nitrogens with zero attached hydrogens (tertiary/aromatic N) is 3. The third kappa shape index (κ3) is 1.93. The molecule has 2 aromatic rings. The van der Waals surface area contributed by atoms with Crippen molar-refractivity contribution in [1.82, 2.24) is 19.5 Å². The van der Waals surface area contributed by atoms with E-state index < -0.39 is 42.7 Å². The molecule has 8 N–H and O–H groups in total. The number of nitrogens with two attached hydrogens (primary N) is 1. The first-order chi connectivity index (χ1) is 11.2. The minimum atomic E-state index is -2.39. The Bertz CT molecular complexity index is 836. The van der Waals surface area contributed by atoms with Crippen molar-refractivity contribution in [3.63, 3.8) is 0 Å². The van der Waals surface area contributed by atoms with E-state index in [1.807, 2.05) is 0 Å². The van der Waals surface area contributed by atoms with Crippen molar-refractivity contribution in [3.05, 3.63) is 16.7 Å². The topological polar surface area (TPSA) is 200 Å². The van der Waals surface area contributed by atoms with E-state index in [2.05, 4.69) is 15.0 Å². The Morgan fingerprint density at radius 3 is 2.75 bits per heavy atom. The van der Waals surface area contributed by atoms with Gasteiger partial charge in [0.2, 0.25) is 11.6 Å². The quantitative estimate of drug-likeness (QED) is 0.269. The monoisotopic (exact) mass is 341 g/mol. The zero-order chi connectivity index (χ0) is 17.9. The van der Waals surface area contributed by atoms with Gasteiger partial charge in [0.25, 0.3) is 5.56 Å². The van der Waals surface area contributed by atoms with E-state index in [1.54, 1.807) is 0 Å². The van der Waals surface area contributed by atoms with E-state index in [0.717, 1.165) is 17.8 Å². The molecule has 1 fully saturated rings. The predicted octanol–water partition coefficient (Wildman–Crippen LogP) is -4.13. The summed E-state index contributed by atoms with van der Waals surface area (Å²) in [5.74, 6) is -0.270. The number of anilines is 1. The predicted molar refractivity (Wildman–Crippen MR) is 79.3 cm³/mol. The molecule has 4 atom stereocenters. The van der Waals surface area contributed by atoms with E-state index in [9.17, 15) is 30.2 Å². The van der Waals surface area contributed by atoms with Gasteiger partial charge in [0.05, 0.1) is 12.9 Å². The zero-order valence-corrected chi connectivity index (χ0v) is 12.5. The molecule has 0 bridgehead atoms. The summed E-state index contributed by atoms with van der Waals surface area (Å²) >= 11 is 0. The first-order valence-electron chi connectivity index (χ1n) is 6.95. The molecule has 3 heterocycles. The van der Waals surface area contributed by atoms with Crippen LogP contribution >= 0.6 is 0 Å². The number of nitrogens with one attached hydrogen (secondary N) is 1. The lowest BCUT2D eigenvalue weighted by atomic mass is 9.64. The van der Waals surface area contributed by atoms with Crippen molar-refractivity contribution >= 4 is 24.2 Å². The van der Waals surface area contributed by atoms with Crippen molar-refractivity contribution in [2.75, 3.05) is 12.3 Å². The second kappa shape index (κ2) is 5.24. The third-order valence-electron chi connectivity index (χ3n) is 4.30. The van der Waals surface area contributed by atoms with Gasteiger partial charge in [-0.1, -0.05) is 0 Å². The molecule has 1 aliphatic rings. The second-order valence-electron chi connectivity index (χ2n) is 5.74. The van der Waals surface area contributed by atoms with E-state index >= 15 is 0 Å². The van der Waals surface area contributed by atoms with E-state index in [0.29, 0.717) is 0 Å². The van der Waals surface area contributed by atoms with Crippen LogP contribution in [0, 0.1) is 0 Å². The van der Waals surface area contributed by atoms with Gasteiger partial charge in [0, 0.05) is 0 Å². The summed E-state index contributed by atoms with van der Waals surface area (Å²) in [6.07, 6.45) is -1.99. The summed E-state index contributed by atoms with van der Waals surface area (Å²) in [7, 11) is -2.36. The Kier molecular flexibility index (Phi) is 3.67. The fourth-order valence-corrected chi connectivity index (χ4v) is 3.04. The number of aliphatic hydroxyl groups excluding tert-OH is 2. The van der Waals surface area contributed by atoms with Crippen LogP contribution in [0.2, 0.25) is 0 Å². The molecule has 24 heavy (non-hydrogen) atoms. The lowest BCUT2D eigenvalue weighted by Gasteiger charge is -2.39. The summed E-state index contributed by atoms with van der Waals surface area (Å²) in [6, 6.07) is 0. The van der Waals surface area contributed by atoms with Gasteiger partial charge in [-0.3, -0.25) is 14.3 Å². The van der Waals surface area contributed by atoms with Gasteiger partial charge in [0.1, 0.15) is 17.8 Å². The first kappa shape index (κ1) is 16.8. The number of hydrogen-bond acceptors (Lipinski definition) is 10. The van der Waals surface area contributed by atoms with Gasteiger partial charge in [0.15, 0.2) is 11.2 Å². The smallest absolute Gasteiger partial charge is 0.424 e. The number of ether oxygens (including phenoxy) is 1. The lowest BCUT2D eigenvalue weighted by molar-refractivity contribution is -0.148. The summed E-state index contributed by atoms with van der Waals surface area (Å²) < 4.78 is 6.30. The largest absolute Gasteiger partial charge is 0.511 e. The first-order valence-corrected chi connectivity index (χ1v) is 6.95. The number of hydrogen-bond donors (Lipinski definition) is 7. The number of H-pyrrole nitrogens is 1. The summed E-state index contributed by atoms with van der Waals surface area (Å²) in [5, 5.41) is 50.0. The Labute approximate surface area is 134 Å². The van der Waals surface area contributed by atoms with Crippen molar-refractivity contribution in [3.8, 4) is 0 Å². The van der Waals surface area contributed by atoms with E-state index in [-0.39, 0.29) is 17.1 Å². The molecule has 0 aliphatic carbocycles. The Morgan fingerprint density at radius 2 is 2.21 bits per heavy atom. The zero-order valence-electron chi connectivity index (χ0n) is 12.5. The molecular formula is C11H16BN5O7. The van der Waals surface area contributed by atoms with Crippen LogP contribution in [0.3, 0.4) is 0 Å². The number of aliphatic hydroxyl groups is 3. The van der Waals surface area contributed by atoms with Crippen LogP contribution in [-0.4, -0.2) is 76.4 Å². The molecule has 0 radical (unpaired) electrons. The number of aromatic amines is 1. The second-order valence-corrected chi connectivity index (χ2v) is 5.74. The summed E-state index contributed by atoms with van der Waals surface area (Å²) in [4.78, 5) is 21.8. The van der Waals surface area contributed by atoms with E-state index in [1.165, 1.54) is 0 Å². The van der Waals surface area contributed by atoms with Crippen molar-refractivity contribution < 1.29 is 30.1 Å². The summed E-state index contributed by atoms with van der Waals surface area (Å²) in [6.45, 7) is 0.393. The Hall–Kier alpha value is -2.03. The number of aromatic nitrogens is 4. The van der Waals surface area contributed by atoms with Gasteiger partial charge in [-0.2, -0.15) is 4.98 Å². The van der Waals surface area contributed by atoms with Crippen LogP contribution in [-0.2, 0) is 10.4 Å². The molecule has 0 saturated carbocycles. The fourth-order valence-electron chi connectivity index (χ4n) is 3.04. The van der Waals surface area contributed by atoms with E-state index in [4.69, 9.17) is 10.5 Å². The Balaban J connectivity index is 2.33. The molecule has 3 rings (SSSR count). The highest BCUT2D eigenvalue weighted by Gasteiger charge is 2.69. The molecule has 0 amide bonds. The maximum Gasteiger partial charge on any atom is 0.511 e. The average Bonchev–Trinajstić information content (AvgIpc) is 2.99. The van der Waals surface area contributed by atoms with Crippen molar-refractivity contribution in [2.45, 2.75) is 30.4 Å². The highest BCUT2D eigenvalue weighted by molar-refractivity contribution is 6.44. The number of rotatable bonds is 3. The van der Waals surface area contributed by atoms with Gasteiger partial charge < -0.3 is 35.8 Å². The number of imidazole rings is 1. The molecular weight excluding hydrogens is 325 g/mol. The molecule has 0 unspecified atom stereocenters. The number of fused-ring (bicyclic) bond motifs is 1. The van der Waals surface area contributed by atoms with Crippen molar-refractivity contribution in [2.24, 2.45) is 0 Å². The normalized spacial score (nSPS) is 33.2. The highest BCUT2D eigenvalue weighted by atomic mass is 16.6. The third-order valence-corrected chi connectivity index (χ3v) is 4.30. The SMILES string of the molecule is C[C@@]1(O)[C@H](O)[C@@H](CO)O[C@@]1(B(O)O)n1cnc2c(=O)[nH]c(N)nc21.